The fourth-order valence-corrected chi connectivity index (χ4v) is 2.74. The van der Waals surface area contributed by atoms with Gasteiger partial charge in [-0.15, -0.1) is 0 Å². The molecular formula is C16H15NO4S. The number of carbonyl (C=O) groups is 1. The number of benzene rings is 2. The number of nitrogens with one attached hydrogen (secondary N) is 1. The minimum atomic E-state index is -3.92. The Labute approximate surface area is 129 Å². The Morgan fingerprint density at radius 3 is 2.18 bits per heavy atom. The zero-order valence-electron chi connectivity index (χ0n) is 11.9. The minimum Gasteiger partial charge on any atom is -0.497 e. The van der Waals surface area contributed by atoms with Crippen molar-refractivity contribution in [2.45, 2.75) is 4.90 Å². The van der Waals surface area contributed by atoms with E-state index < -0.39 is 15.9 Å². The Balaban J connectivity index is 2.19. The van der Waals surface area contributed by atoms with Crippen LogP contribution in [0.15, 0.2) is 60.0 Å². The number of amides is 1. The first-order chi connectivity index (χ1) is 10.5. The maximum atomic E-state index is 12.1. The van der Waals surface area contributed by atoms with Gasteiger partial charge in [-0.1, -0.05) is 24.8 Å². The van der Waals surface area contributed by atoms with E-state index in [-0.39, 0.29) is 10.5 Å². The summed E-state index contributed by atoms with van der Waals surface area (Å²) >= 11 is 0. The molecule has 0 aliphatic rings. The van der Waals surface area contributed by atoms with E-state index in [9.17, 15) is 13.2 Å². The van der Waals surface area contributed by atoms with Crippen molar-refractivity contribution in [3.05, 3.63) is 66.2 Å². The summed E-state index contributed by atoms with van der Waals surface area (Å²) in [5, 5.41) is 0. The second-order valence-corrected chi connectivity index (χ2v) is 6.12. The summed E-state index contributed by atoms with van der Waals surface area (Å²) in [5.41, 5.74) is 1.09. The predicted octanol–water partition coefficient (Wildman–Crippen LogP) is 2.46. The molecule has 0 bridgehead atoms. The molecule has 0 spiro atoms. The van der Waals surface area contributed by atoms with Gasteiger partial charge in [-0.2, -0.15) is 0 Å². The number of sulfonamides is 1. The molecule has 0 saturated carbocycles. The van der Waals surface area contributed by atoms with Gasteiger partial charge in [0.05, 0.1) is 12.0 Å². The molecule has 0 radical (unpaired) electrons. The zero-order valence-corrected chi connectivity index (χ0v) is 12.8. The van der Waals surface area contributed by atoms with Gasteiger partial charge in [-0.3, -0.25) is 4.79 Å². The van der Waals surface area contributed by atoms with E-state index in [0.29, 0.717) is 5.75 Å². The predicted molar refractivity (Wildman–Crippen MR) is 84.2 cm³/mol. The van der Waals surface area contributed by atoms with Gasteiger partial charge in [-0.05, 0) is 42.0 Å². The van der Waals surface area contributed by atoms with Crippen LogP contribution in [0.2, 0.25) is 0 Å². The van der Waals surface area contributed by atoms with Gasteiger partial charge in [0.2, 0.25) is 0 Å². The Hall–Kier alpha value is -2.60. The highest BCUT2D eigenvalue weighted by Crippen LogP contribution is 2.16. The Morgan fingerprint density at radius 1 is 1.09 bits per heavy atom. The van der Waals surface area contributed by atoms with Crippen LogP contribution in [0.5, 0.6) is 5.75 Å². The van der Waals surface area contributed by atoms with Crippen molar-refractivity contribution in [2.24, 2.45) is 0 Å². The third-order valence-electron chi connectivity index (χ3n) is 3.01. The number of rotatable bonds is 5. The lowest BCUT2D eigenvalue weighted by Gasteiger charge is -2.08. The zero-order chi connectivity index (χ0) is 16.2. The van der Waals surface area contributed by atoms with Crippen molar-refractivity contribution in [2.75, 3.05) is 7.11 Å². The average molecular weight is 317 g/mol. The minimum absolute atomic E-state index is 0.00985. The molecule has 6 heteroatoms. The first-order valence-corrected chi connectivity index (χ1v) is 7.88. The average Bonchev–Trinajstić information content (AvgIpc) is 2.54. The topological polar surface area (TPSA) is 72.5 Å². The van der Waals surface area contributed by atoms with E-state index >= 15 is 0 Å². The lowest BCUT2D eigenvalue weighted by Crippen LogP contribution is -2.30. The maximum Gasteiger partial charge on any atom is 0.264 e. The van der Waals surface area contributed by atoms with Crippen LogP contribution >= 0.6 is 0 Å². The molecule has 0 atom stereocenters. The van der Waals surface area contributed by atoms with Crippen LogP contribution in [0, 0.1) is 0 Å². The normalized spacial score (nSPS) is 10.8. The Morgan fingerprint density at radius 2 is 1.68 bits per heavy atom. The molecule has 5 nitrogen and oxygen atoms in total. The molecule has 0 unspecified atom stereocenters. The van der Waals surface area contributed by atoms with Gasteiger partial charge in [0.15, 0.2) is 0 Å². The summed E-state index contributed by atoms with van der Waals surface area (Å²) in [6.07, 6.45) is 1.63. The van der Waals surface area contributed by atoms with Crippen LogP contribution in [-0.4, -0.2) is 21.4 Å². The number of hydrogen-bond acceptors (Lipinski definition) is 4. The molecule has 114 valence electrons. The molecule has 2 aromatic carbocycles. The van der Waals surface area contributed by atoms with E-state index in [0.717, 1.165) is 5.56 Å². The fourth-order valence-electron chi connectivity index (χ4n) is 1.77. The van der Waals surface area contributed by atoms with Gasteiger partial charge >= 0.3 is 0 Å². The van der Waals surface area contributed by atoms with E-state index in [4.69, 9.17) is 4.74 Å². The second kappa shape index (κ2) is 6.44. The van der Waals surface area contributed by atoms with Crippen molar-refractivity contribution in [1.29, 1.82) is 0 Å². The molecule has 0 saturated heterocycles. The van der Waals surface area contributed by atoms with Gasteiger partial charge in [0.25, 0.3) is 15.9 Å². The first-order valence-electron chi connectivity index (χ1n) is 6.40. The summed E-state index contributed by atoms with van der Waals surface area (Å²) < 4.78 is 31.3. The highest BCUT2D eigenvalue weighted by molar-refractivity contribution is 7.90. The number of ether oxygens (including phenoxy) is 1. The smallest absolute Gasteiger partial charge is 0.264 e. The molecule has 0 aliphatic heterocycles. The SMILES string of the molecule is C=Cc1ccc(C(=O)NS(=O)(=O)c2ccc(OC)cc2)cc1. The lowest BCUT2D eigenvalue weighted by molar-refractivity contribution is 0.0981. The summed E-state index contributed by atoms with van der Waals surface area (Å²) in [7, 11) is -2.44. The molecule has 0 aromatic heterocycles. The highest BCUT2D eigenvalue weighted by Gasteiger charge is 2.18. The van der Waals surface area contributed by atoms with E-state index in [2.05, 4.69) is 6.58 Å². The molecule has 1 N–H and O–H groups in total. The summed E-state index contributed by atoms with van der Waals surface area (Å²) in [6, 6.07) is 12.2. The molecule has 0 fully saturated rings. The molecule has 2 rings (SSSR count). The van der Waals surface area contributed by atoms with Crippen LogP contribution in [0.1, 0.15) is 15.9 Å². The summed E-state index contributed by atoms with van der Waals surface area (Å²) in [4.78, 5) is 12.0. The van der Waals surface area contributed by atoms with Gasteiger partial charge in [-0.25, -0.2) is 13.1 Å². The largest absolute Gasteiger partial charge is 0.497 e. The van der Waals surface area contributed by atoms with Gasteiger partial charge < -0.3 is 4.74 Å². The van der Waals surface area contributed by atoms with E-state index in [1.807, 2.05) is 4.72 Å². The van der Waals surface area contributed by atoms with Crippen molar-refractivity contribution >= 4 is 22.0 Å². The molecule has 0 aliphatic carbocycles. The first kappa shape index (κ1) is 15.8. The Kier molecular flexibility index (Phi) is 4.62. The fraction of sp³-hybridized carbons (Fsp3) is 0.0625. The molecular weight excluding hydrogens is 302 g/mol. The second-order valence-electron chi connectivity index (χ2n) is 4.44. The van der Waals surface area contributed by atoms with E-state index in [1.54, 1.807) is 18.2 Å². The lowest BCUT2D eigenvalue weighted by atomic mass is 10.1. The highest BCUT2D eigenvalue weighted by atomic mass is 32.2. The molecule has 22 heavy (non-hydrogen) atoms. The van der Waals surface area contributed by atoms with Crippen LogP contribution in [0.25, 0.3) is 6.08 Å². The van der Waals surface area contributed by atoms with Crippen LogP contribution < -0.4 is 9.46 Å². The van der Waals surface area contributed by atoms with Crippen molar-refractivity contribution in [3.8, 4) is 5.75 Å². The van der Waals surface area contributed by atoms with Crippen molar-refractivity contribution < 1.29 is 17.9 Å². The third kappa shape index (κ3) is 3.53. The van der Waals surface area contributed by atoms with Crippen molar-refractivity contribution in [1.82, 2.24) is 4.72 Å². The standard InChI is InChI=1S/C16H15NO4S/c1-3-12-4-6-13(7-5-12)16(18)17-22(19,20)15-10-8-14(21-2)9-11-15/h3-11H,1H2,2H3,(H,17,18). The number of methoxy groups -OCH3 is 1. The van der Waals surface area contributed by atoms with Crippen LogP contribution in [0.3, 0.4) is 0 Å². The molecule has 2 aromatic rings. The monoisotopic (exact) mass is 317 g/mol. The number of hydrogen-bond donors (Lipinski definition) is 1. The number of carbonyl (C=O) groups excluding carboxylic acids is 1. The van der Waals surface area contributed by atoms with Crippen molar-refractivity contribution in [3.63, 3.8) is 0 Å². The Bertz CT molecular complexity index is 778. The summed E-state index contributed by atoms with van der Waals surface area (Å²) in [5.74, 6) is -0.156. The van der Waals surface area contributed by atoms with Crippen LogP contribution in [0.4, 0.5) is 0 Å². The van der Waals surface area contributed by atoms with Gasteiger partial charge in [0.1, 0.15) is 5.75 Å². The maximum absolute atomic E-state index is 12.1. The molecule has 0 heterocycles. The quantitative estimate of drug-likeness (QED) is 0.919. The van der Waals surface area contributed by atoms with Gasteiger partial charge in [0, 0.05) is 5.56 Å². The van der Waals surface area contributed by atoms with Crippen LogP contribution in [-0.2, 0) is 10.0 Å². The summed E-state index contributed by atoms with van der Waals surface area (Å²) in [6.45, 7) is 3.61. The molecule has 1 amide bonds. The van der Waals surface area contributed by atoms with E-state index in [1.165, 1.54) is 43.5 Å². The third-order valence-corrected chi connectivity index (χ3v) is 4.35.